The van der Waals surface area contributed by atoms with Gasteiger partial charge in [0, 0.05) is 5.33 Å². The Hall–Kier alpha value is -0.660. The highest BCUT2D eigenvalue weighted by atomic mass is 79.9. The monoisotopic (exact) mass is 329 g/mol. The first-order valence-electron chi connectivity index (χ1n) is 4.34. The highest BCUT2D eigenvalue weighted by Crippen LogP contribution is 2.29. The largest absolute Gasteiger partial charge is 0.298 e. The Labute approximate surface area is 106 Å². The van der Waals surface area contributed by atoms with Gasteiger partial charge in [-0.2, -0.15) is 5.26 Å². The molecule has 0 aromatic heterocycles. The molecule has 0 N–H and O–H groups in total. The molecule has 15 heavy (non-hydrogen) atoms. The third kappa shape index (κ3) is 2.67. The first kappa shape index (κ1) is 12.4. The van der Waals surface area contributed by atoms with Crippen molar-refractivity contribution in [1.29, 1.82) is 5.26 Å². The molecule has 0 saturated heterocycles. The van der Waals surface area contributed by atoms with Crippen molar-refractivity contribution in [3.8, 4) is 6.07 Å². The van der Waals surface area contributed by atoms with Crippen LogP contribution in [0.15, 0.2) is 18.2 Å². The maximum Gasteiger partial charge on any atom is 0.147 e. The lowest BCUT2D eigenvalue weighted by Crippen LogP contribution is -2.04. The quantitative estimate of drug-likeness (QED) is 0.796. The second-order valence-corrected chi connectivity index (χ2v) is 4.58. The van der Waals surface area contributed by atoms with E-state index in [0.29, 0.717) is 10.9 Å². The number of benzene rings is 1. The van der Waals surface area contributed by atoms with Gasteiger partial charge in [0.15, 0.2) is 0 Å². The Morgan fingerprint density at radius 2 is 2.27 bits per heavy atom. The normalized spacial score (nSPS) is 11.9. The molecule has 0 aliphatic carbocycles. The predicted molar refractivity (Wildman–Crippen MR) is 66.1 cm³/mol. The lowest BCUT2D eigenvalue weighted by Gasteiger charge is -2.10. The Kier molecular flexibility index (Phi) is 4.49. The molecule has 4 heteroatoms. The van der Waals surface area contributed by atoms with Gasteiger partial charge in [0.05, 0.1) is 16.5 Å². The third-order valence-electron chi connectivity index (χ3n) is 2.07. The number of Topliss-reactive ketones (excluding diaryl/α,β-unsaturated/α-hetero) is 1. The van der Waals surface area contributed by atoms with Gasteiger partial charge in [-0.25, -0.2) is 0 Å². The van der Waals surface area contributed by atoms with E-state index in [0.717, 1.165) is 11.1 Å². The van der Waals surface area contributed by atoms with E-state index in [4.69, 9.17) is 5.26 Å². The molecule has 1 aromatic carbocycles. The second kappa shape index (κ2) is 5.43. The van der Waals surface area contributed by atoms with Crippen LogP contribution in [0.25, 0.3) is 0 Å². The number of carbonyl (C=O) groups is 1. The van der Waals surface area contributed by atoms with Crippen molar-refractivity contribution in [3.63, 3.8) is 0 Å². The van der Waals surface area contributed by atoms with Crippen LogP contribution in [0.3, 0.4) is 0 Å². The van der Waals surface area contributed by atoms with Gasteiger partial charge < -0.3 is 0 Å². The van der Waals surface area contributed by atoms with Gasteiger partial charge in [0.25, 0.3) is 0 Å². The summed E-state index contributed by atoms with van der Waals surface area (Å²) in [6.07, 6.45) is 0. The van der Waals surface area contributed by atoms with E-state index >= 15 is 0 Å². The van der Waals surface area contributed by atoms with Crippen LogP contribution in [-0.4, -0.2) is 5.78 Å². The molecule has 0 bridgehead atoms. The topological polar surface area (TPSA) is 40.9 Å². The molecule has 0 heterocycles. The minimum absolute atomic E-state index is 0.00165. The molecule has 0 aliphatic heterocycles. The predicted octanol–water partition coefficient (Wildman–Crippen LogP) is 3.48. The fourth-order valence-electron chi connectivity index (χ4n) is 1.30. The minimum Gasteiger partial charge on any atom is -0.298 e. The van der Waals surface area contributed by atoms with Crippen molar-refractivity contribution >= 4 is 37.6 Å². The van der Waals surface area contributed by atoms with Crippen molar-refractivity contribution in [2.75, 3.05) is 0 Å². The molecule has 2 nitrogen and oxygen atoms in total. The molecule has 0 radical (unpaired) electrons. The van der Waals surface area contributed by atoms with Gasteiger partial charge >= 0.3 is 0 Å². The first-order chi connectivity index (χ1) is 7.11. The Morgan fingerprint density at radius 1 is 1.60 bits per heavy atom. The summed E-state index contributed by atoms with van der Waals surface area (Å²) < 4.78 is 0. The highest BCUT2D eigenvalue weighted by molar-refractivity contribution is 9.09. The van der Waals surface area contributed by atoms with Crippen molar-refractivity contribution in [1.82, 2.24) is 0 Å². The summed E-state index contributed by atoms with van der Waals surface area (Å²) in [7, 11) is 0. The number of hydrogen-bond donors (Lipinski definition) is 0. The number of carbonyl (C=O) groups excluding carboxylic acids is 1. The number of rotatable bonds is 3. The number of nitriles is 1. The van der Waals surface area contributed by atoms with Gasteiger partial charge in [-0.15, -0.1) is 0 Å². The number of nitrogens with zero attached hydrogens (tertiary/aromatic N) is 1. The zero-order valence-electron chi connectivity index (χ0n) is 8.13. The van der Waals surface area contributed by atoms with E-state index in [-0.39, 0.29) is 5.78 Å². The SMILES string of the molecule is CC(=O)C(Br)c1cccc(CBr)c1C#N. The van der Waals surface area contributed by atoms with Crippen LogP contribution in [0, 0.1) is 11.3 Å². The second-order valence-electron chi connectivity index (χ2n) is 3.10. The molecule has 0 spiro atoms. The van der Waals surface area contributed by atoms with Crippen molar-refractivity contribution in [3.05, 3.63) is 34.9 Å². The van der Waals surface area contributed by atoms with E-state index in [1.807, 2.05) is 12.1 Å². The average molecular weight is 331 g/mol. The van der Waals surface area contributed by atoms with Gasteiger partial charge in [-0.1, -0.05) is 50.1 Å². The average Bonchev–Trinajstić information content (AvgIpc) is 2.26. The molecular formula is C11H9Br2NO. The summed E-state index contributed by atoms with van der Waals surface area (Å²) in [6.45, 7) is 1.50. The number of ketones is 1. The lowest BCUT2D eigenvalue weighted by molar-refractivity contribution is -0.116. The lowest BCUT2D eigenvalue weighted by atomic mass is 9.99. The fourth-order valence-corrected chi connectivity index (χ4v) is 2.15. The number of halogens is 2. The van der Waals surface area contributed by atoms with Crippen molar-refractivity contribution in [2.45, 2.75) is 17.1 Å². The molecule has 1 unspecified atom stereocenters. The van der Waals surface area contributed by atoms with Crippen LogP contribution >= 0.6 is 31.9 Å². The Morgan fingerprint density at radius 3 is 2.73 bits per heavy atom. The molecular weight excluding hydrogens is 322 g/mol. The Balaban J connectivity index is 3.30. The highest BCUT2D eigenvalue weighted by Gasteiger charge is 2.18. The summed E-state index contributed by atoms with van der Waals surface area (Å²) >= 11 is 6.61. The van der Waals surface area contributed by atoms with Crippen LogP contribution in [0.1, 0.15) is 28.4 Å². The molecule has 1 atom stereocenters. The van der Waals surface area contributed by atoms with Gasteiger partial charge in [0.2, 0.25) is 0 Å². The van der Waals surface area contributed by atoms with Crippen LogP contribution in [0.5, 0.6) is 0 Å². The molecule has 1 rings (SSSR count). The maximum absolute atomic E-state index is 11.2. The standard InChI is InChI=1S/C11H9Br2NO/c1-7(15)11(13)9-4-2-3-8(5-12)10(9)6-14/h2-4,11H,5H2,1H3. The molecule has 1 aromatic rings. The van der Waals surface area contributed by atoms with E-state index in [1.54, 1.807) is 6.07 Å². The fraction of sp³-hybridized carbons (Fsp3) is 0.273. The van der Waals surface area contributed by atoms with E-state index < -0.39 is 4.83 Å². The van der Waals surface area contributed by atoms with Crippen molar-refractivity contribution < 1.29 is 4.79 Å². The summed E-state index contributed by atoms with van der Waals surface area (Å²) in [5.74, 6) is -0.00165. The molecule has 0 aliphatic rings. The smallest absolute Gasteiger partial charge is 0.147 e. The van der Waals surface area contributed by atoms with Gasteiger partial charge in [-0.3, -0.25) is 4.79 Å². The summed E-state index contributed by atoms with van der Waals surface area (Å²) in [5.41, 5.74) is 2.22. The minimum atomic E-state index is -0.397. The van der Waals surface area contributed by atoms with Gasteiger partial charge in [0.1, 0.15) is 5.78 Å². The van der Waals surface area contributed by atoms with E-state index in [1.165, 1.54) is 6.92 Å². The van der Waals surface area contributed by atoms with Crippen LogP contribution in [-0.2, 0) is 10.1 Å². The zero-order chi connectivity index (χ0) is 11.4. The van der Waals surface area contributed by atoms with Crippen LogP contribution in [0.2, 0.25) is 0 Å². The Bertz CT molecular complexity index is 423. The maximum atomic E-state index is 11.2. The number of hydrogen-bond acceptors (Lipinski definition) is 2. The molecule has 78 valence electrons. The molecule has 0 fully saturated rings. The third-order valence-corrected chi connectivity index (χ3v) is 3.81. The van der Waals surface area contributed by atoms with Crippen LogP contribution < -0.4 is 0 Å². The van der Waals surface area contributed by atoms with Crippen molar-refractivity contribution in [2.24, 2.45) is 0 Å². The van der Waals surface area contributed by atoms with E-state index in [2.05, 4.69) is 37.9 Å². The molecule has 0 amide bonds. The van der Waals surface area contributed by atoms with Gasteiger partial charge in [-0.05, 0) is 18.1 Å². The summed E-state index contributed by atoms with van der Waals surface area (Å²) in [6, 6.07) is 7.66. The summed E-state index contributed by atoms with van der Waals surface area (Å²) in [4.78, 5) is 10.8. The van der Waals surface area contributed by atoms with Crippen LogP contribution in [0.4, 0.5) is 0 Å². The molecule has 0 saturated carbocycles. The number of alkyl halides is 2. The zero-order valence-corrected chi connectivity index (χ0v) is 11.3. The summed E-state index contributed by atoms with van der Waals surface area (Å²) in [5, 5.41) is 9.67. The van der Waals surface area contributed by atoms with E-state index in [9.17, 15) is 4.79 Å². The first-order valence-corrected chi connectivity index (χ1v) is 6.38.